The number of anilines is 1. The van der Waals surface area contributed by atoms with E-state index < -0.39 is 0 Å². The van der Waals surface area contributed by atoms with Gasteiger partial charge in [-0.1, -0.05) is 18.2 Å². The number of nitrogens with two attached hydrogens (primary N) is 1. The molecule has 1 aromatic heterocycles. The minimum Gasteiger partial charge on any atom is -0.486 e. The van der Waals surface area contributed by atoms with Gasteiger partial charge in [-0.15, -0.1) is 0 Å². The highest BCUT2D eigenvalue weighted by molar-refractivity contribution is 5.54. The maximum Gasteiger partial charge on any atom is 0.181 e. The van der Waals surface area contributed by atoms with E-state index in [4.69, 9.17) is 10.5 Å². The van der Waals surface area contributed by atoms with Crippen molar-refractivity contribution in [2.75, 3.05) is 5.73 Å². The van der Waals surface area contributed by atoms with Gasteiger partial charge in [-0.05, 0) is 24.3 Å². The molecule has 3 N–H and O–H groups in total. The molecule has 0 aliphatic heterocycles. The first-order valence-electron chi connectivity index (χ1n) is 6.36. The summed E-state index contributed by atoms with van der Waals surface area (Å²) in [7, 11) is 0. The molecular weight excluding hydrogens is 271 g/mol. The third-order valence-electron chi connectivity index (χ3n) is 2.85. The summed E-state index contributed by atoms with van der Waals surface area (Å²) in [6.45, 7) is 0.228. The molecule has 0 amide bonds. The second-order valence-corrected chi connectivity index (χ2v) is 4.48. The number of aromatic amines is 1. The van der Waals surface area contributed by atoms with E-state index in [1.165, 1.54) is 12.1 Å². The predicted octanol–water partition coefficient (Wildman–Crippen LogP) is 2.77. The van der Waals surface area contributed by atoms with Gasteiger partial charge in [0.15, 0.2) is 11.6 Å². The highest BCUT2D eigenvalue weighted by Gasteiger charge is 2.07. The van der Waals surface area contributed by atoms with Crippen LogP contribution in [0.25, 0.3) is 11.4 Å². The van der Waals surface area contributed by atoms with Crippen LogP contribution in [-0.4, -0.2) is 15.2 Å². The van der Waals surface area contributed by atoms with Gasteiger partial charge < -0.3 is 10.5 Å². The standard InChI is InChI=1S/C15H13FN4O/c16-11-4-1-3-10(7-11)15-18-14(19-20-15)9-21-13-6-2-5-12(17)8-13/h1-8H,9,17H2,(H,18,19,20). The number of benzene rings is 2. The van der Waals surface area contributed by atoms with E-state index in [0.29, 0.717) is 28.6 Å². The Morgan fingerprint density at radius 3 is 2.81 bits per heavy atom. The number of H-pyrrole nitrogens is 1. The van der Waals surface area contributed by atoms with Crippen LogP contribution in [0.1, 0.15) is 5.82 Å². The Bertz CT molecular complexity index is 757. The lowest BCUT2D eigenvalue weighted by Gasteiger charge is -2.03. The molecule has 0 saturated heterocycles. The summed E-state index contributed by atoms with van der Waals surface area (Å²) in [5, 5.41) is 6.82. The maximum absolute atomic E-state index is 13.2. The van der Waals surface area contributed by atoms with Crippen LogP contribution in [0.3, 0.4) is 0 Å². The molecule has 3 aromatic rings. The van der Waals surface area contributed by atoms with Gasteiger partial charge in [0.2, 0.25) is 0 Å². The summed E-state index contributed by atoms with van der Waals surface area (Å²) in [6.07, 6.45) is 0. The number of hydrogen-bond donors (Lipinski definition) is 2. The van der Waals surface area contributed by atoms with E-state index in [9.17, 15) is 4.39 Å². The first-order valence-corrected chi connectivity index (χ1v) is 6.36. The lowest BCUT2D eigenvalue weighted by atomic mass is 10.2. The van der Waals surface area contributed by atoms with Gasteiger partial charge in [-0.25, -0.2) is 9.37 Å². The number of nitrogens with zero attached hydrogens (tertiary/aromatic N) is 2. The summed E-state index contributed by atoms with van der Waals surface area (Å²) in [5.41, 5.74) is 6.91. The van der Waals surface area contributed by atoms with Crippen molar-refractivity contribution in [2.24, 2.45) is 0 Å². The third-order valence-corrected chi connectivity index (χ3v) is 2.85. The van der Waals surface area contributed by atoms with Crippen molar-refractivity contribution in [1.82, 2.24) is 15.2 Å². The highest BCUT2D eigenvalue weighted by atomic mass is 19.1. The molecule has 21 heavy (non-hydrogen) atoms. The number of nitrogen functional groups attached to an aromatic ring is 1. The molecule has 0 bridgehead atoms. The zero-order valence-corrected chi connectivity index (χ0v) is 11.1. The molecule has 106 valence electrons. The van der Waals surface area contributed by atoms with Crippen molar-refractivity contribution in [1.29, 1.82) is 0 Å². The number of hydrogen-bond acceptors (Lipinski definition) is 4. The average molecular weight is 284 g/mol. The van der Waals surface area contributed by atoms with Crippen molar-refractivity contribution < 1.29 is 9.13 Å². The molecule has 2 aromatic carbocycles. The molecule has 3 rings (SSSR count). The van der Waals surface area contributed by atoms with Crippen LogP contribution < -0.4 is 10.5 Å². The largest absolute Gasteiger partial charge is 0.486 e. The summed E-state index contributed by atoms with van der Waals surface area (Å²) in [4.78, 5) is 4.27. The number of halogens is 1. The lowest BCUT2D eigenvalue weighted by Crippen LogP contribution is -1.98. The fraction of sp³-hybridized carbons (Fsp3) is 0.0667. The molecule has 5 nitrogen and oxygen atoms in total. The highest BCUT2D eigenvalue weighted by Crippen LogP contribution is 2.18. The number of ether oxygens (including phenoxy) is 1. The molecule has 0 fully saturated rings. The Kier molecular flexibility index (Phi) is 3.51. The van der Waals surface area contributed by atoms with E-state index in [1.54, 1.807) is 30.3 Å². The average Bonchev–Trinajstić information content (AvgIpc) is 2.94. The van der Waals surface area contributed by atoms with Crippen molar-refractivity contribution in [3.8, 4) is 17.1 Å². The zero-order valence-electron chi connectivity index (χ0n) is 11.1. The van der Waals surface area contributed by atoms with Gasteiger partial charge in [0.05, 0.1) is 0 Å². The number of nitrogens with one attached hydrogen (secondary N) is 1. The van der Waals surface area contributed by atoms with Crippen LogP contribution in [0, 0.1) is 5.82 Å². The second kappa shape index (κ2) is 5.62. The van der Waals surface area contributed by atoms with Gasteiger partial charge >= 0.3 is 0 Å². The Hall–Kier alpha value is -2.89. The minimum absolute atomic E-state index is 0.228. The predicted molar refractivity (Wildman–Crippen MR) is 77.0 cm³/mol. The SMILES string of the molecule is Nc1cccc(OCc2nc(-c3cccc(F)c3)n[nH]2)c1. The first kappa shape index (κ1) is 13.1. The number of rotatable bonds is 4. The van der Waals surface area contributed by atoms with Crippen LogP contribution >= 0.6 is 0 Å². The van der Waals surface area contributed by atoms with Gasteiger partial charge in [-0.2, -0.15) is 5.10 Å². The van der Waals surface area contributed by atoms with Gasteiger partial charge in [-0.3, -0.25) is 5.10 Å². The van der Waals surface area contributed by atoms with E-state index in [0.717, 1.165) is 0 Å². The fourth-order valence-corrected chi connectivity index (χ4v) is 1.87. The summed E-state index contributed by atoms with van der Waals surface area (Å²) in [5.74, 6) is 1.31. The lowest BCUT2D eigenvalue weighted by molar-refractivity contribution is 0.296. The summed E-state index contributed by atoms with van der Waals surface area (Å²) < 4.78 is 18.7. The van der Waals surface area contributed by atoms with Crippen LogP contribution in [0.4, 0.5) is 10.1 Å². The van der Waals surface area contributed by atoms with Gasteiger partial charge in [0, 0.05) is 17.3 Å². The Balaban J connectivity index is 1.71. The topological polar surface area (TPSA) is 76.8 Å². The molecule has 0 aliphatic carbocycles. The van der Waals surface area contributed by atoms with Crippen LogP contribution in [0.5, 0.6) is 5.75 Å². The van der Waals surface area contributed by atoms with E-state index >= 15 is 0 Å². The monoisotopic (exact) mass is 284 g/mol. The van der Waals surface area contributed by atoms with Crippen LogP contribution in [-0.2, 0) is 6.61 Å². The number of aromatic nitrogens is 3. The Morgan fingerprint density at radius 2 is 2.00 bits per heavy atom. The van der Waals surface area contributed by atoms with E-state index in [-0.39, 0.29) is 12.4 Å². The molecule has 0 saturated carbocycles. The Morgan fingerprint density at radius 1 is 1.14 bits per heavy atom. The summed E-state index contributed by atoms with van der Waals surface area (Å²) >= 11 is 0. The van der Waals surface area contributed by atoms with Crippen molar-refractivity contribution in [3.05, 3.63) is 60.2 Å². The molecule has 1 heterocycles. The quantitative estimate of drug-likeness (QED) is 0.722. The molecule has 0 atom stereocenters. The first-order chi connectivity index (χ1) is 10.2. The van der Waals surface area contributed by atoms with Gasteiger partial charge in [0.1, 0.15) is 18.2 Å². The fourth-order valence-electron chi connectivity index (χ4n) is 1.87. The Labute approximate surface area is 120 Å². The van der Waals surface area contributed by atoms with Crippen LogP contribution in [0.2, 0.25) is 0 Å². The maximum atomic E-state index is 13.2. The molecule has 6 heteroatoms. The molecule has 0 unspecified atom stereocenters. The summed E-state index contributed by atoms with van der Waals surface area (Å²) in [6, 6.07) is 13.2. The molecular formula is C15H13FN4O. The van der Waals surface area contributed by atoms with E-state index in [1.807, 2.05) is 6.07 Å². The van der Waals surface area contributed by atoms with Crippen molar-refractivity contribution in [3.63, 3.8) is 0 Å². The minimum atomic E-state index is -0.324. The molecule has 0 spiro atoms. The third kappa shape index (κ3) is 3.17. The van der Waals surface area contributed by atoms with Crippen molar-refractivity contribution in [2.45, 2.75) is 6.61 Å². The van der Waals surface area contributed by atoms with Gasteiger partial charge in [0.25, 0.3) is 0 Å². The second-order valence-electron chi connectivity index (χ2n) is 4.48. The van der Waals surface area contributed by atoms with E-state index in [2.05, 4.69) is 15.2 Å². The molecule has 0 radical (unpaired) electrons. The van der Waals surface area contributed by atoms with Crippen molar-refractivity contribution >= 4 is 5.69 Å². The molecule has 0 aliphatic rings. The van der Waals surface area contributed by atoms with Crippen LogP contribution in [0.15, 0.2) is 48.5 Å². The zero-order chi connectivity index (χ0) is 14.7. The smallest absolute Gasteiger partial charge is 0.181 e. The normalized spacial score (nSPS) is 10.5.